The van der Waals surface area contributed by atoms with Gasteiger partial charge in [-0.1, -0.05) is 16.8 Å². The first-order valence-electron chi connectivity index (χ1n) is 10.2. The molecule has 31 heavy (non-hydrogen) atoms. The minimum absolute atomic E-state index is 0.0276. The van der Waals surface area contributed by atoms with Crippen molar-refractivity contribution in [3.63, 3.8) is 0 Å². The maximum absolute atomic E-state index is 12.6. The molecule has 1 fully saturated rings. The molecule has 0 aliphatic carbocycles. The Kier molecular flexibility index (Phi) is 6.36. The summed E-state index contributed by atoms with van der Waals surface area (Å²) in [5.41, 5.74) is 0.805. The molecule has 0 saturated carbocycles. The van der Waals surface area contributed by atoms with Crippen molar-refractivity contribution in [2.75, 3.05) is 13.1 Å². The summed E-state index contributed by atoms with van der Waals surface area (Å²) in [6.07, 6.45) is 2.09. The summed E-state index contributed by atoms with van der Waals surface area (Å²) in [5, 5.41) is 7.58. The second kappa shape index (κ2) is 9.34. The topological polar surface area (TPSA) is 101 Å². The molecule has 2 amide bonds. The molecule has 0 radical (unpaired) electrons. The van der Waals surface area contributed by atoms with Crippen LogP contribution in [0.3, 0.4) is 0 Å². The van der Waals surface area contributed by atoms with Crippen LogP contribution in [0.5, 0.6) is 0 Å². The summed E-state index contributed by atoms with van der Waals surface area (Å²) in [6, 6.07) is 10.6. The summed E-state index contributed by atoms with van der Waals surface area (Å²) in [6.45, 7) is 3.00. The number of furan rings is 1. The Morgan fingerprint density at radius 1 is 1.16 bits per heavy atom. The number of benzene rings is 1. The van der Waals surface area contributed by atoms with Gasteiger partial charge in [-0.15, -0.1) is 0 Å². The molecule has 2 aromatic heterocycles. The number of nitrogens with zero attached hydrogens (tertiary/aromatic N) is 3. The van der Waals surface area contributed by atoms with Crippen molar-refractivity contribution in [2.45, 2.75) is 38.6 Å². The zero-order chi connectivity index (χ0) is 21.8. The lowest BCUT2D eigenvalue weighted by Gasteiger charge is -2.32. The Bertz CT molecular complexity index is 1050. The van der Waals surface area contributed by atoms with Gasteiger partial charge < -0.3 is 19.2 Å². The van der Waals surface area contributed by atoms with Crippen LogP contribution >= 0.6 is 11.6 Å². The van der Waals surface area contributed by atoms with Gasteiger partial charge in [-0.05, 0) is 56.2 Å². The Morgan fingerprint density at radius 3 is 2.58 bits per heavy atom. The molecule has 0 unspecified atom stereocenters. The number of hydrogen-bond donors (Lipinski definition) is 1. The highest BCUT2D eigenvalue weighted by Crippen LogP contribution is 2.19. The maximum atomic E-state index is 12.6. The predicted molar refractivity (Wildman–Crippen MR) is 114 cm³/mol. The van der Waals surface area contributed by atoms with Crippen LogP contribution in [0.2, 0.25) is 5.02 Å². The van der Waals surface area contributed by atoms with Gasteiger partial charge in [0.2, 0.25) is 17.6 Å². The largest absolute Gasteiger partial charge is 0.456 e. The van der Waals surface area contributed by atoms with Crippen molar-refractivity contribution < 1.29 is 18.5 Å². The summed E-state index contributed by atoms with van der Waals surface area (Å²) in [4.78, 5) is 30.9. The van der Waals surface area contributed by atoms with E-state index in [0.717, 1.165) is 5.56 Å². The molecule has 1 aromatic carbocycles. The normalized spacial score (nSPS) is 14.6. The van der Waals surface area contributed by atoms with Crippen LogP contribution in [0.1, 0.15) is 41.5 Å². The zero-order valence-corrected chi connectivity index (χ0v) is 17.9. The van der Waals surface area contributed by atoms with Gasteiger partial charge in [-0.25, -0.2) is 0 Å². The number of piperidine rings is 1. The number of carbonyl (C=O) groups is 2. The second-order valence-electron chi connectivity index (χ2n) is 7.56. The van der Waals surface area contributed by atoms with Gasteiger partial charge in [0.15, 0.2) is 5.76 Å². The molecule has 0 spiro atoms. The van der Waals surface area contributed by atoms with E-state index in [2.05, 4.69) is 15.5 Å². The van der Waals surface area contributed by atoms with Gasteiger partial charge in [0.25, 0.3) is 5.91 Å². The Labute approximate surface area is 184 Å². The number of likely N-dealkylation sites (tertiary alicyclic amines) is 1. The zero-order valence-electron chi connectivity index (χ0n) is 17.1. The third-order valence-corrected chi connectivity index (χ3v) is 5.52. The number of aryl methyl sites for hydroxylation is 2. The predicted octanol–water partition coefficient (Wildman–Crippen LogP) is 3.65. The van der Waals surface area contributed by atoms with Crippen LogP contribution in [-0.4, -0.2) is 46.0 Å². The first kappa shape index (κ1) is 21.1. The SMILES string of the molecule is Cc1ccc(C(=O)NC2CCN(C(=O)CCc3nc(-c4ccc(Cl)cc4)no3)CC2)o1. The van der Waals surface area contributed by atoms with Crippen LogP contribution < -0.4 is 5.32 Å². The fourth-order valence-electron chi connectivity index (χ4n) is 3.53. The average Bonchev–Trinajstić information content (AvgIpc) is 3.42. The Morgan fingerprint density at radius 2 is 1.90 bits per heavy atom. The number of halogens is 1. The lowest BCUT2D eigenvalue weighted by molar-refractivity contribution is -0.132. The number of rotatable bonds is 6. The molecule has 1 aliphatic rings. The van der Waals surface area contributed by atoms with Gasteiger partial charge in [0.05, 0.1) is 0 Å². The van der Waals surface area contributed by atoms with E-state index in [1.165, 1.54) is 0 Å². The maximum Gasteiger partial charge on any atom is 0.287 e. The van der Waals surface area contributed by atoms with Crippen molar-refractivity contribution in [3.8, 4) is 11.4 Å². The van der Waals surface area contributed by atoms with Crippen molar-refractivity contribution >= 4 is 23.4 Å². The van der Waals surface area contributed by atoms with E-state index < -0.39 is 0 Å². The molecule has 1 aliphatic heterocycles. The molecule has 9 heteroatoms. The smallest absolute Gasteiger partial charge is 0.287 e. The third kappa shape index (κ3) is 5.32. The van der Waals surface area contributed by atoms with Gasteiger partial charge in [0.1, 0.15) is 5.76 Å². The number of amides is 2. The average molecular weight is 443 g/mol. The fourth-order valence-corrected chi connectivity index (χ4v) is 3.66. The Balaban J connectivity index is 1.22. The molecule has 1 saturated heterocycles. The van der Waals surface area contributed by atoms with E-state index in [1.807, 2.05) is 17.0 Å². The van der Waals surface area contributed by atoms with Gasteiger partial charge >= 0.3 is 0 Å². The molecule has 1 N–H and O–H groups in total. The highest BCUT2D eigenvalue weighted by molar-refractivity contribution is 6.30. The Hall–Kier alpha value is -3.13. The second-order valence-corrected chi connectivity index (χ2v) is 7.99. The molecular weight excluding hydrogens is 420 g/mol. The van der Waals surface area contributed by atoms with Crippen LogP contribution in [0, 0.1) is 6.92 Å². The van der Waals surface area contributed by atoms with Crippen LogP contribution in [0.4, 0.5) is 0 Å². The first-order chi connectivity index (χ1) is 15.0. The van der Waals surface area contributed by atoms with Gasteiger partial charge in [-0.2, -0.15) is 4.98 Å². The molecule has 4 rings (SSSR count). The van der Waals surface area contributed by atoms with Crippen molar-refractivity contribution in [3.05, 3.63) is 58.8 Å². The first-order valence-corrected chi connectivity index (χ1v) is 10.6. The molecule has 3 heterocycles. The molecule has 162 valence electrons. The highest BCUT2D eigenvalue weighted by Gasteiger charge is 2.25. The third-order valence-electron chi connectivity index (χ3n) is 5.27. The van der Waals surface area contributed by atoms with E-state index in [-0.39, 0.29) is 17.9 Å². The molecule has 0 atom stereocenters. The van der Waals surface area contributed by atoms with Crippen molar-refractivity contribution in [2.24, 2.45) is 0 Å². The lowest BCUT2D eigenvalue weighted by Crippen LogP contribution is -2.46. The monoisotopic (exact) mass is 442 g/mol. The van der Waals surface area contributed by atoms with Crippen molar-refractivity contribution in [1.29, 1.82) is 0 Å². The van der Waals surface area contributed by atoms with Crippen molar-refractivity contribution in [1.82, 2.24) is 20.4 Å². The molecule has 0 bridgehead atoms. The number of nitrogens with one attached hydrogen (secondary N) is 1. The van der Waals surface area contributed by atoms with E-state index in [9.17, 15) is 9.59 Å². The van der Waals surface area contributed by atoms with Crippen LogP contribution in [0.15, 0.2) is 45.3 Å². The summed E-state index contributed by atoms with van der Waals surface area (Å²) in [7, 11) is 0. The number of aromatic nitrogens is 2. The van der Waals surface area contributed by atoms with Crippen LogP contribution in [0.25, 0.3) is 11.4 Å². The minimum atomic E-state index is -0.217. The summed E-state index contributed by atoms with van der Waals surface area (Å²) >= 11 is 5.89. The van der Waals surface area contributed by atoms with Crippen LogP contribution in [-0.2, 0) is 11.2 Å². The van der Waals surface area contributed by atoms with E-state index in [4.69, 9.17) is 20.5 Å². The summed E-state index contributed by atoms with van der Waals surface area (Å²) < 4.78 is 10.6. The highest BCUT2D eigenvalue weighted by atomic mass is 35.5. The van der Waals surface area contributed by atoms with E-state index >= 15 is 0 Å². The minimum Gasteiger partial charge on any atom is -0.456 e. The fraction of sp³-hybridized carbons (Fsp3) is 0.364. The quantitative estimate of drug-likeness (QED) is 0.625. The van der Waals surface area contributed by atoms with E-state index in [1.54, 1.807) is 31.2 Å². The summed E-state index contributed by atoms with van der Waals surface area (Å²) in [5.74, 6) is 1.74. The molecule has 8 nitrogen and oxygen atoms in total. The molecule has 3 aromatic rings. The number of hydrogen-bond acceptors (Lipinski definition) is 6. The van der Waals surface area contributed by atoms with Gasteiger partial charge in [-0.3, -0.25) is 9.59 Å². The lowest BCUT2D eigenvalue weighted by atomic mass is 10.0. The van der Waals surface area contributed by atoms with Gasteiger partial charge in [0, 0.05) is 42.6 Å². The standard InChI is InChI=1S/C22H23ClN4O4/c1-14-2-7-18(30-14)22(29)24-17-10-12-27(13-11-17)20(28)9-8-19-25-21(26-31-19)15-3-5-16(23)6-4-15/h2-7,17H,8-13H2,1H3,(H,24,29). The number of carbonyl (C=O) groups excluding carboxylic acids is 2. The van der Waals surface area contributed by atoms with E-state index in [0.29, 0.717) is 67.0 Å². The molecular formula is C22H23ClN4O4.